The van der Waals surface area contributed by atoms with E-state index in [1.807, 2.05) is 0 Å². The molecule has 2 rings (SSSR count). The molecule has 0 aromatic rings. The summed E-state index contributed by atoms with van der Waals surface area (Å²) in [7, 11) is 0. The lowest BCUT2D eigenvalue weighted by molar-refractivity contribution is -0.0883. The van der Waals surface area contributed by atoms with E-state index in [1.54, 1.807) is 0 Å². The van der Waals surface area contributed by atoms with Crippen molar-refractivity contribution in [3.63, 3.8) is 0 Å². The van der Waals surface area contributed by atoms with Crippen molar-refractivity contribution in [2.45, 2.75) is 64.8 Å². The highest BCUT2D eigenvalue weighted by Crippen LogP contribution is 2.48. The van der Waals surface area contributed by atoms with E-state index < -0.39 is 0 Å². The molecule has 2 heterocycles. The zero-order valence-electron chi connectivity index (χ0n) is 10.5. The number of ether oxygens (including phenoxy) is 2. The molecule has 88 valence electrons. The molecule has 2 aliphatic heterocycles. The molecular formula is C13H24O2. The summed E-state index contributed by atoms with van der Waals surface area (Å²) in [6.45, 7) is 9.90. The standard InChI is InChI=1S/C13H24O2/c1-5-11-12-10(4)15-13(11,6-7-14-12)8-9(2)3/h9-12H,5-8H2,1-4H3. The summed E-state index contributed by atoms with van der Waals surface area (Å²) in [5.74, 6) is 1.33. The van der Waals surface area contributed by atoms with Crippen LogP contribution in [0.15, 0.2) is 0 Å². The summed E-state index contributed by atoms with van der Waals surface area (Å²) >= 11 is 0. The molecule has 2 nitrogen and oxygen atoms in total. The Labute approximate surface area is 93.3 Å². The van der Waals surface area contributed by atoms with E-state index in [0.29, 0.717) is 17.9 Å². The van der Waals surface area contributed by atoms with Crippen molar-refractivity contribution in [3.05, 3.63) is 0 Å². The van der Waals surface area contributed by atoms with Crippen LogP contribution in [0.5, 0.6) is 0 Å². The molecule has 15 heavy (non-hydrogen) atoms. The lowest BCUT2D eigenvalue weighted by Crippen LogP contribution is -2.45. The normalized spacial score (nSPS) is 45.0. The van der Waals surface area contributed by atoms with Gasteiger partial charge < -0.3 is 9.47 Å². The Kier molecular flexibility index (Phi) is 3.09. The smallest absolute Gasteiger partial charge is 0.0889 e. The van der Waals surface area contributed by atoms with Crippen molar-refractivity contribution in [2.24, 2.45) is 11.8 Å². The van der Waals surface area contributed by atoms with Gasteiger partial charge in [0.1, 0.15) is 0 Å². The molecule has 0 spiro atoms. The number of hydrogen-bond donors (Lipinski definition) is 0. The summed E-state index contributed by atoms with van der Waals surface area (Å²) in [4.78, 5) is 0. The third kappa shape index (κ3) is 1.83. The molecule has 0 radical (unpaired) electrons. The molecule has 0 N–H and O–H groups in total. The van der Waals surface area contributed by atoms with E-state index in [1.165, 1.54) is 12.8 Å². The minimum absolute atomic E-state index is 0.130. The van der Waals surface area contributed by atoms with Gasteiger partial charge in [0.25, 0.3) is 0 Å². The second kappa shape index (κ2) is 4.06. The summed E-state index contributed by atoms with van der Waals surface area (Å²) in [6.07, 6.45) is 4.10. The summed E-state index contributed by atoms with van der Waals surface area (Å²) in [5, 5.41) is 0. The van der Waals surface area contributed by atoms with Crippen LogP contribution in [0.2, 0.25) is 0 Å². The van der Waals surface area contributed by atoms with E-state index in [2.05, 4.69) is 27.7 Å². The Balaban J connectivity index is 2.20. The second-order valence-corrected chi connectivity index (χ2v) is 5.59. The van der Waals surface area contributed by atoms with Gasteiger partial charge in [-0.2, -0.15) is 0 Å². The molecule has 0 saturated carbocycles. The van der Waals surface area contributed by atoms with Crippen LogP contribution < -0.4 is 0 Å². The first kappa shape index (κ1) is 11.4. The van der Waals surface area contributed by atoms with Crippen molar-refractivity contribution in [1.82, 2.24) is 0 Å². The van der Waals surface area contributed by atoms with Crippen molar-refractivity contribution in [2.75, 3.05) is 6.61 Å². The third-order valence-corrected chi connectivity index (χ3v) is 3.98. The molecule has 4 unspecified atom stereocenters. The quantitative estimate of drug-likeness (QED) is 0.716. The van der Waals surface area contributed by atoms with E-state index >= 15 is 0 Å². The molecule has 2 heteroatoms. The molecule has 0 aromatic carbocycles. The molecule has 0 aromatic heterocycles. The van der Waals surface area contributed by atoms with Crippen LogP contribution in [0.3, 0.4) is 0 Å². The predicted octanol–water partition coefficient (Wildman–Crippen LogP) is 3.01. The molecule has 2 bridgehead atoms. The van der Waals surface area contributed by atoms with Gasteiger partial charge in [-0.3, -0.25) is 0 Å². The lowest BCUT2D eigenvalue weighted by Gasteiger charge is -2.40. The molecule has 0 aliphatic carbocycles. The highest BCUT2D eigenvalue weighted by Gasteiger charge is 2.55. The van der Waals surface area contributed by atoms with Gasteiger partial charge in [-0.15, -0.1) is 0 Å². The highest BCUT2D eigenvalue weighted by atomic mass is 16.6. The van der Waals surface area contributed by atoms with Crippen LogP contribution in [-0.2, 0) is 9.47 Å². The van der Waals surface area contributed by atoms with Crippen LogP contribution in [0.25, 0.3) is 0 Å². The summed E-state index contributed by atoms with van der Waals surface area (Å²) in [6, 6.07) is 0. The Morgan fingerprint density at radius 1 is 1.40 bits per heavy atom. The maximum atomic E-state index is 6.26. The average molecular weight is 212 g/mol. The van der Waals surface area contributed by atoms with Crippen LogP contribution in [0.4, 0.5) is 0 Å². The van der Waals surface area contributed by atoms with Crippen LogP contribution in [0.1, 0.15) is 47.0 Å². The fourth-order valence-electron chi connectivity index (χ4n) is 3.61. The van der Waals surface area contributed by atoms with Crippen molar-refractivity contribution >= 4 is 0 Å². The fourth-order valence-corrected chi connectivity index (χ4v) is 3.61. The van der Waals surface area contributed by atoms with E-state index in [4.69, 9.17) is 9.47 Å². The SMILES string of the molecule is CCC1C2OCCC1(CC(C)C)OC2C. The highest BCUT2D eigenvalue weighted by molar-refractivity contribution is 5.03. The van der Waals surface area contributed by atoms with Crippen molar-refractivity contribution < 1.29 is 9.47 Å². The largest absolute Gasteiger partial charge is 0.375 e. The molecule has 4 atom stereocenters. The van der Waals surface area contributed by atoms with Crippen molar-refractivity contribution in [1.29, 1.82) is 0 Å². The molecular weight excluding hydrogens is 188 g/mol. The first-order valence-corrected chi connectivity index (χ1v) is 6.38. The number of rotatable bonds is 3. The van der Waals surface area contributed by atoms with Gasteiger partial charge in [0.05, 0.1) is 17.8 Å². The maximum Gasteiger partial charge on any atom is 0.0889 e. The summed E-state index contributed by atoms with van der Waals surface area (Å²) < 4.78 is 12.1. The lowest BCUT2D eigenvalue weighted by atomic mass is 9.74. The van der Waals surface area contributed by atoms with Gasteiger partial charge >= 0.3 is 0 Å². The average Bonchev–Trinajstić information content (AvgIpc) is 2.28. The topological polar surface area (TPSA) is 18.5 Å². The second-order valence-electron chi connectivity index (χ2n) is 5.59. The minimum atomic E-state index is 0.130. The monoisotopic (exact) mass is 212 g/mol. The Hall–Kier alpha value is -0.0800. The molecule has 0 amide bonds. The zero-order valence-corrected chi connectivity index (χ0v) is 10.5. The minimum Gasteiger partial charge on any atom is -0.375 e. The van der Waals surface area contributed by atoms with Gasteiger partial charge in [0, 0.05) is 18.9 Å². The zero-order chi connectivity index (χ0) is 11.1. The van der Waals surface area contributed by atoms with Gasteiger partial charge in [-0.25, -0.2) is 0 Å². The number of fused-ring (bicyclic) bond motifs is 2. The van der Waals surface area contributed by atoms with Gasteiger partial charge in [-0.1, -0.05) is 20.8 Å². The Morgan fingerprint density at radius 3 is 2.73 bits per heavy atom. The maximum absolute atomic E-state index is 6.26. The molecule has 2 saturated heterocycles. The fraction of sp³-hybridized carbons (Fsp3) is 1.00. The predicted molar refractivity (Wildman–Crippen MR) is 60.9 cm³/mol. The third-order valence-electron chi connectivity index (χ3n) is 3.98. The van der Waals surface area contributed by atoms with Crippen LogP contribution in [0, 0.1) is 11.8 Å². The first-order chi connectivity index (χ1) is 7.09. The van der Waals surface area contributed by atoms with Crippen LogP contribution in [-0.4, -0.2) is 24.4 Å². The van der Waals surface area contributed by atoms with Crippen LogP contribution >= 0.6 is 0 Å². The van der Waals surface area contributed by atoms with E-state index in [-0.39, 0.29) is 11.7 Å². The number of hydrogen-bond acceptors (Lipinski definition) is 2. The van der Waals surface area contributed by atoms with E-state index in [9.17, 15) is 0 Å². The van der Waals surface area contributed by atoms with Crippen molar-refractivity contribution in [3.8, 4) is 0 Å². The van der Waals surface area contributed by atoms with Gasteiger partial charge in [-0.05, 0) is 25.7 Å². The van der Waals surface area contributed by atoms with Gasteiger partial charge in [0.2, 0.25) is 0 Å². The Morgan fingerprint density at radius 2 is 2.13 bits per heavy atom. The Bertz CT molecular complexity index is 223. The van der Waals surface area contributed by atoms with Gasteiger partial charge in [0.15, 0.2) is 0 Å². The van der Waals surface area contributed by atoms with E-state index in [0.717, 1.165) is 13.0 Å². The molecule has 2 aliphatic rings. The molecule has 2 fully saturated rings. The summed E-state index contributed by atoms with van der Waals surface area (Å²) in [5.41, 5.74) is 0.130. The first-order valence-electron chi connectivity index (χ1n) is 6.38.